The highest BCUT2D eigenvalue weighted by molar-refractivity contribution is 9.11. The fourth-order valence-corrected chi connectivity index (χ4v) is 4.32. The van der Waals surface area contributed by atoms with Gasteiger partial charge in [0.15, 0.2) is 0 Å². The Morgan fingerprint density at radius 1 is 1.69 bits per heavy atom. The number of hydrogen-bond donors (Lipinski definition) is 1. The maximum Gasteiger partial charge on any atom is 0.261 e. The van der Waals surface area contributed by atoms with Crippen molar-refractivity contribution in [3.63, 3.8) is 0 Å². The molecule has 1 atom stereocenters. The van der Waals surface area contributed by atoms with Crippen LogP contribution < -0.4 is 5.32 Å². The molecule has 16 heavy (non-hydrogen) atoms. The van der Waals surface area contributed by atoms with Crippen LogP contribution in [0.25, 0.3) is 0 Å². The third kappa shape index (κ3) is 3.02. The summed E-state index contributed by atoms with van der Waals surface area (Å²) in [4.78, 5) is 12.6. The molecule has 1 aliphatic rings. The SMILES string of the molecule is Cc1cc(C(=O)NCC2CCCS2)sc1Br. The van der Waals surface area contributed by atoms with Crippen LogP contribution in [-0.4, -0.2) is 23.5 Å². The van der Waals surface area contributed by atoms with Gasteiger partial charge in [0.25, 0.3) is 5.91 Å². The summed E-state index contributed by atoms with van der Waals surface area (Å²) in [5.41, 5.74) is 1.13. The molecule has 1 amide bonds. The standard InChI is InChI=1S/C11H14BrNOS2/c1-7-5-9(16-10(7)12)11(14)13-6-8-3-2-4-15-8/h5,8H,2-4,6H2,1H3,(H,13,14). The molecule has 2 nitrogen and oxygen atoms in total. The fraction of sp³-hybridized carbons (Fsp3) is 0.545. The van der Waals surface area contributed by atoms with E-state index in [4.69, 9.17) is 0 Å². The number of thioether (sulfide) groups is 1. The number of nitrogens with one attached hydrogen (secondary N) is 1. The lowest BCUT2D eigenvalue weighted by atomic mass is 10.2. The van der Waals surface area contributed by atoms with Gasteiger partial charge >= 0.3 is 0 Å². The van der Waals surface area contributed by atoms with Gasteiger partial charge in [-0.05, 0) is 53.1 Å². The summed E-state index contributed by atoms with van der Waals surface area (Å²) in [7, 11) is 0. The molecule has 0 radical (unpaired) electrons. The molecule has 2 rings (SSSR count). The molecule has 1 aromatic heterocycles. The molecular formula is C11H14BrNOS2. The minimum atomic E-state index is 0.0614. The van der Waals surface area contributed by atoms with Crippen molar-refractivity contribution in [3.8, 4) is 0 Å². The van der Waals surface area contributed by atoms with E-state index >= 15 is 0 Å². The summed E-state index contributed by atoms with van der Waals surface area (Å²) >= 11 is 6.91. The topological polar surface area (TPSA) is 29.1 Å². The molecule has 0 aromatic carbocycles. The Labute approximate surface area is 112 Å². The van der Waals surface area contributed by atoms with Crippen LogP contribution in [0, 0.1) is 6.92 Å². The summed E-state index contributed by atoms with van der Waals surface area (Å²) in [6.45, 7) is 2.81. The zero-order chi connectivity index (χ0) is 11.5. The first-order valence-electron chi connectivity index (χ1n) is 5.32. The Morgan fingerprint density at radius 2 is 2.50 bits per heavy atom. The van der Waals surface area contributed by atoms with Crippen molar-refractivity contribution in [2.24, 2.45) is 0 Å². The maximum atomic E-state index is 11.8. The number of hydrogen-bond acceptors (Lipinski definition) is 3. The summed E-state index contributed by atoms with van der Waals surface area (Å²) < 4.78 is 1.05. The molecule has 1 aliphatic heterocycles. The van der Waals surface area contributed by atoms with Crippen molar-refractivity contribution in [3.05, 3.63) is 20.3 Å². The lowest BCUT2D eigenvalue weighted by Crippen LogP contribution is -2.29. The number of aryl methyl sites for hydroxylation is 1. The molecule has 5 heteroatoms. The van der Waals surface area contributed by atoms with Crippen LogP contribution in [0.5, 0.6) is 0 Å². The highest BCUT2D eigenvalue weighted by Gasteiger charge is 2.17. The van der Waals surface area contributed by atoms with E-state index in [2.05, 4.69) is 21.2 Å². The van der Waals surface area contributed by atoms with Gasteiger partial charge in [0.1, 0.15) is 0 Å². The van der Waals surface area contributed by atoms with E-state index in [-0.39, 0.29) is 5.91 Å². The predicted molar refractivity (Wildman–Crippen MR) is 74.6 cm³/mol. The molecular weight excluding hydrogens is 306 g/mol. The molecule has 1 aromatic rings. The summed E-state index contributed by atoms with van der Waals surface area (Å²) in [6, 6.07) is 1.94. The summed E-state index contributed by atoms with van der Waals surface area (Å²) in [5.74, 6) is 1.30. The molecule has 0 aliphatic carbocycles. The largest absolute Gasteiger partial charge is 0.350 e. The molecule has 0 saturated carbocycles. The quantitative estimate of drug-likeness (QED) is 0.924. The lowest BCUT2D eigenvalue weighted by Gasteiger charge is -2.08. The second-order valence-corrected chi connectivity index (χ2v) is 7.69. The van der Waals surface area contributed by atoms with Gasteiger partial charge in [0.05, 0.1) is 8.66 Å². The van der Waals surface area contributed by atoms with Crippen LogP contribution in [0.1, 0.15) is 28.1 Å². The molecule has 1 saturated heterocycles. The molecule has 1 fully saturated rings. The van der Waals surface area contributed by atoms with Crippen LogP contribution >= 0.6 is 39.0 Å². The third-order valence-electron chi connectivity index (χ3n) is 2.60. The van der Waals surface area contributed by atoms with Gasteiger partial charge < -0.3 is 5.32 Å². The minimum Gasteiger partial charge on any atom is -0.350 e. The first-order chi connectivity index (χ1) is 7.66. The van der Waals surface area contributed by atoms with Crippen molar-refractivity contribution in [2.75, 3.05) is 12.3 Å². The average molecular weight is 320 g/mol. The van der Waals surface area contributed by atoms with Crippen LogP contribution in [0.15, 0.2) is 9.85 Å². The van der Waals surface area contributed by atoms with E-state index in [9.17, 15) is 4.79 Å². The van der Waals surface area contributed by atoms with Crippen molar-refractivity contribution < 1.29 is 4.79 Å². The van der Waals surface area contributed by atoms with Crippen molar-refractivity contribution >= 4 is 44.9 Å². The Kier molecular flexibility index (Phi) is 4.33. The van der Waals surface area contributed by atoms with E-state index in [1.54, 1.807) is 0 Å². The first-order valence-corrected chi connectivity index (χ1v) is 7.98. The Balaban J connectivity index is 1.87. The smallest absolute Gasteiger partial charge is 0.261 e. The molecule has 0 bridgehead atoms. The number of carbonyl (C=O) groups is 1. The average Bonchev–Trinajstić information content (AvgIpc) is 2.86. The monoisotopic (exact) mass is 319 g/mol. The molecule has 2 heterocycles. The van der Waals surface area contributed by atoms with Gasteiger partial charge in [-0.25, -0.2) is 0 Å². The number of carbonyl (C=O) groups excluding carboxylic acids is 1. The van der Waals surface area contributed by atoms with E-state index in [1.165, 1.54) is 29.9 Å². The number of amides is 1. The normalized spacial score (nSPS) is 20.0. The summed E-state index contributed by atoms with van der Waals surface area (Å²) in [5, 5.41) is 3.63. The zero-order valence-electron chi connectivity index (χ0n) is 9.09. The van der Waals surface area contributed by atoms with Gasteiger partial charge in [0.2, 0.25) is 0 Å². The molecule has 1 N–H and O–H groups in total. The molecule has 88 valence electrons. The van der Waals surface area contributed by atoms with E-state index in [0.29, 0.717) is 5.25 Å². The zero-order valence-corrected chi connectivity index (χ0v) is 12.3. The van der Waals surface area contributed by atoms with Gasteiger partial charge in [-0.3, -0.25) is 4.79 Å². The maximum absolute atomic E-state index is 11.8. The van der Waals surface area contributed by atoms with Gasteiger partial charge in [0, 0.05) is 11.8 Å². The predicted octanol–water partition coefficient (Wildman–Crippen LogP) is 3.44. The number of rotatable bonds is 3. The third-order valence-corrected chi connectivity index (χ3v) is 6.13. The first kappa shape index (κ1) is 12.5. The van der Waals surface area contributed by atoms with Crippen LogP contribution in [-0.2, 0) is 0 Å². The van der Waals surface area contributed by atoms with Crippen LogP contribution in [0.2, 0.25) is 0 Å². The van der Waals surface area contributed by atoms with E-state index in [0.717, 1.165) is 20.8 Å². The minimum absolute atomic E-state index is 0.0614. The lowest BCUT2D eigenvalue weighted by molar-refractivity contribution is 0.0957. The number of thiophene rings is 1. The summed E-state index contributed by atoms with van der Waals surface area (Å²) in [6.07, 6.45) is 2.52. The van der Waals surface area contributed by atoms with Gasteiger partial charge in [-0.15, -0.1) is 11.3 Å². The van der Waals surface area contributed by atoms with E-state index < -0.39 is 0 Å². The molecule has 0 spiro atoms. The van der Waals surface area contributed by atoms with Crippen molar-refractivity contribution in [1.29, 1.82) is 0 Å². The second-order valence-electron chi connectivity index (χ2n) is 3.91. The number of halogens is 1. The highest BCUT2D eigenvalue weighted by Crippen LogP contribution is 2.28. The Morgan fingerprint density at radius 3 is 3.06 bits per heavy atom. The van der Waals surface area contributed by atoms with E-state index in [1.807, 2.05) is 24.8 Å². The second kappa shape index (κ2) is 5.56. The molecule has 1 unspecified atom stereocenters. The van der Waals surface area contributed by atoms with Crippen molar-refractivity contribution in [1.82, 2.24) is 5.32 Å². The Hall–Kier alpha value is 0. The highest BCUT2D eigenvalue weighted by atomic mass is 79.9. The van der Waals surface area contributed by atoms with Crippen molar-refractivity contribution in [2.45, 2.75) is 25.0 Å². The van der Waals surface area contributed by atoms with Crippen LogP contribution in [0.3, 0.4) is 0 Å². The Bertz CT molecular complexity index is 366. The fourth-order valence-electron chi connectivity index (χ4n) is 1.67. The van der Waals surface area contributed by atoms with Gasteiger partial charge in [-0.2, -0.15) is 11.8 Å². The van der Waals surface area contributed by atoms with Gasteiger partial charge in [-0.1, -0.05) is 0 Å². The van der Waals surface area contributed by atoms with Crippen LogP contribution in [0.4, 0.5) is 0 Å².